The maximum atomic E-state index is 8.73. The van der Waals surface area contributed by atoms with Gasteiger partial charge < -0.3 is 5.73 Å². The number of nitrogens with zero attached hydrogens (tertiary/aromatic N) is 3. The van der Waals surface area contributed by atoms with Gasteiger partial charge in [0.1, 0.15) is 23.3 Å². The van der Waals surface area contributed by atoms with Gasteiger partial charge in [0.25, 0.3) is 0 Å². The molecule has 2 aromatic rings. The molecule has 1 aromatic heterocycles. The molecular weight excluding hydrogens is 312 g/mol. The molecule has 0 bridgehead atoms. The SMILES string of the molecule is N#Cc1cnc(CSc2cccc(Br)c2)nc1N. The summed E-state index contributed by atoms with van der Waals surface area (Å²) >= 11 is 5.03. The predicted octanol–water partition coefficient (Wildman–Crippen LogP) is 2.99. The molecule has 0 radical (unpaired) electrons. The summed E-state index contributed by atoms with van der Waals surface area (Å²) < 4.78 is 1.03. The second-order valence-electron chi connectivity index (χ2n) is 3.44. The molecule has 0 saturated carbocycles. The number of nitriles is 1. The van der Waals surface area contributed by atoms with Crippen LogP contribution in [0.5, 0.6) is 0 Å². The Morgan fingerprint density at radius 3 is 2.94 bits per heavy atom. The smallest absolute Gasteiger partial charge is 0.145 e. The number of hydrogen-bond acceptors (Lipinski definition) is 5. The Labute approximate surface area is 117 Å². The second kappa shape index (κ2) is 5.85. The standard InChI is InChI=1S/C12H9BrN4S/c13-9-2-1-3-10(4-9)18-7-11-16-6-8(5-14)12(15)17-11/h1-4,6H,7H2,(H2,15,16,17). The largest absolute Gasteiger partial charge is 0.382 e. The number of thioether (sulfide) groups is 1. The Morgan fingerprint density at radius 1 is 1.44 bits per heavy atom. The Morgan fingerprint density at radius 2 is 2.28 bits per heavy atom. The van der Waals surface area contributed by atoms with E-state index in [4.69, 9.17) is 11.0 Å². The van der Waals surface area contributed by atoms with Gasteiger partial charge in [-0.05, 0) is 18.2 Å². The molecule has 0 unspecified atom stereocenters. The van der Waals surface area contributed by atoms with Crippen molar-refractivity contribution in [1.82, 2.24) is 9.97 Å². The summed E-state index contributed by atoms with van der Waals surface area (Å²) in [5.41, 5.74) is 5.95. The Hall–Kier alpha value is -1.58. The van der Waals surface area contributed by atoms with E-state index >= 15 is 0 Å². The molecular formula is C12H9BrN4S. The molecule has 0 atom stereocenters. The highest BCUT2D eigenvalue weighted by Crippen LogP contribution is 2.24. The van der Waals surface area contributed by atoms with E-state index in [-0.39, 0.29) is 5.82 Å². The number of hydrogen-bond donors (Lipinski definition) is 1. The van der Waals surface area contributed by atoms with Gasteiger partial charge in [0, 0.05) is 9.37 Å². The fourth-order valence-corrected chi connectivity index (χ4v) is 2.66. The van der Waals surface area contributed by atoms with Crippen molar-refractivity contribution in [3.05, 3.63) is 46.3 Å². The van der Waals surface area contributed by atoms with Crippen LogP contribution in [-0.2, 0) is 5.75 Å². The fraction of sp³-hybridized carbons (Fsp3) is 0.0833. The summed E-state index contributed by atoms with van der Waals surface area (Å²) in [7, 11) is 0. The minimum absolute atomic E-state index is 0.234. The van der Waals surface area contributed by atoms with Crippen molar-refractivity contribution in [3.63, 3.8) is 0 Å². The third-order valence-electron chi connectivity index (χ3n) is 2.15. The highest BCUT2D eigenvalue weighted by atomic mass is 79.9. The van der Waals surface area contributed by atoms with Crippen LogP contribution in [-0.4, -0.2) is 9.97 Å². The molecule has 4 nitrogen and oxygen atoms in total. The van der Waals surface area contributed by atoms with Crippen LogP contribution in [0.25, 0.3) is 0 Å². The Kier molecular flexibility index (Phi) is 4.18. The normalized spacial score (nSPS) is 10.0. The van der Waals surface area contributed by atoms with E-state index in [9.17, 15) is 0 Å². The van der Waals surface area contributed by atoms with Gasteiger partial charge in [-0.3, -0.25) is 0 Å². The van der Waals surface area contributed by atoms with E-state index in [1.54, 1.807) is 11.8 Å². The van der Waals surface area contributed by atoms with Crippen LogP contribution < -0.4 is 5.73 Å². The molecule has 90 valence electrons. The van der Waals surface area contributed by atoms with Crippen molar-refractivity contribution in [3.8, 4) is 6.07 Å². The van der Waals surface area contributed by atoms with Crippen LogP contribution in [0.4, 0.5) is 5.82 Å². The molecule has 0 aliphatic carbocycles. The average molecular weight is 321 g/mol. The Bertz CT molecular complexity index is 609. The second-order valence-corrected chi connectivity index (χ2v) is 5.41. The first-order chi connectivity index (χ1) is 8.69. The number of aromatic nitrogens is 2. The quantitative estimate of drug-likeness (QED) is 0.880. The van der Waals surface area contributed by atoms with Crippen LogP contribution >= 0.6 is 27.7 Å². The summed E-state index contributed by atoms with van der Waals surface area (Å²) in [5, 5.41) is 8.73. The summed E-state index contributed by atoms with van der Waals surface area (Å²) in [5.74, 6) is 1.47. The minimum Gasteiger partial charge on any atom is -0.382 e. The maximum absolute atomic E-state index is 8.73. The summed E-state index contributed by atoms with van der Waals surface area (Å²) in [6.45, 7) is 0. The minimum atomic E-state index is 0.234. The Balaban J connectivity index is 2.07. The van der Waals surface area contributed by atoms with Crippen molar-refractivity contribution in [1.29, 1.82) is 5.26 Å². The molecule has 0 amide bonds. The maximum Gasteiger partial charge on any atom is 0.145 e. The average Bonchev–Trinajstić information content (AvgIpc) is 2.37. The van der Waals surface area contributed by atoms with Crippen molar-refractivity contribution in [2.24, 2.45) is 0 Å². The number of anilines is 1. The van der Waals surface area contributed by atoms with E-state index in [2.05, 4.69) is 25.9 Å². The number of halogens is 1. The molecule has 0 saturated heterocycles. The van der Waals surface area contributed by atoms with E-state index < -0.39 is 0 Å². The number of benzene rings is 1. The van der Waals surface area contributed by atoms with Crippen LogP contribution in [0.3, 0.4) is 0 Å². The van der Waals surface area contributed by atoms with Crippen LogP contribution in [0.15, 0.2) is 39.8 Å². The third kappa shape index (κ3) is 3.22. The topological polar surface area (TPSA) is 75.6 Å². The molecule has 2 N–H and O–H groups in total. The zero-order valence-corrected chi connectivity index (χ0v) is 11.7. The number of nitrogen functional groups attached to an aromatic ring is 1. The van der Waals surface area contributed by atoms with Crippen molar-refractivity contribution < 1.29 is 0 Å². The highest BCUT2D eigenvalue weighted by molar-refractivity contribution is 9.10. The molecule has 1 heterocycles. The van der Waals surface area contributed by atoms with Gasteiger partial charge >= 0.3 is 0 Å². The van der Waals surface area contributed by atoms with Gasteiger partial charge in [-0.2, -0.15) is 5.26 Å². The zero-order valence-electron chi connectivity index (χ0n) is 9.30. The lowest BCUT2D eigenvalue weighted by atomic mass is 10.3. The fourth-order valence-electron chi connectivity index (χ4n) is 1.29. The monoisotopic (exact) mass is 320 g/mol. The first-order valence-electron chi connectivity index (χ1n) is 5.09. The number of rotatable bonds is 3. The van der Waals surface area contributed by atoms with Crippen LogP contribution in [0.2, 0.25) is 0 Å². The van der Waals surface area contributed by atoms with Gasteiger partial charge in [-0.15, -0.1) is 11.8 Å². The molecule has 1 aromatic carbocycles. The van der Waals surface area contributed by atoms with E-state index in [0.717, 1.165) is 9.37 Å². The predicted molar refractivity (Wildman–Crippen MR) is 74.9 cm³/mol. The van der Waals surface area contributed by atoms with Crippen molar-refractivity contribution in [2.75, 3.05) is 5.73 Å². The van der Waals surface area contributed by atoms with Crippen molar-refractivity contribution in [2.45, 2.75) is 10.6 Å². The molecule has 0 aliphatic rings. The summed E-state index contributed by atoms with van der Waals surface area (Å²) in [6, 6.07) is 9.93. The van der Waals surface area contributed by atoms with Gasteiger partial charge in [0.15, 0.2) is 0 Å². The lowest BCUT2D eigenvalue weighted by Gasteiger charge is -2.03. The molecule has 6 heteroatoms. The zero-order chi connectivity index (χ0) is 13.0. The molecule has 0 spiro atoms. The summed E-state index contributed by atoms with van der Waals surface area (Å²) in [6.07, 6.45) is 1.46. The molecule has 0 fully saturated rings. The van der Waals surface area contributed by atoms with E-state index in [1.807, 2.05) is 30.3 Å². The first kappa shape index (κ1) is 12.9. The van der Waals surface area contributed by atoms with E-state index in [1.165, 1.54) is 6.20 Å². The number of nitrogens with two attached hydrogens (primary N) is 1. The molecule has 0 aliphatic heterocycles. The molecule has 18 heavy (non-hydrogen) atoms. The van der Waals surface area contributed by atoms with Crippen LogP contribution in [0.1, 0.15) is 11.4 Å². The highest BCUT2D eigenvalue weighted by Gasteiger charge is 2.04. The van der Waals surface area contributed by atoms with Gasteiger partial charge in [0.05, 0.1) is 11.9 Å². The van der Waals surface area contributed by atoms with Gasteiger partial charge in [0.2, 0.25) is 0 Å². The lowest BCUT2D eigenvalue weighted by Crippen LogP contribution is -2.00. The first-order valence-corrected chi connectivity index (χ1v) is 6.87. The van der Waals surface area contributed by atoms with Crippen LogP contribution in [0, 0.1) is 11.3 Å². The van der Waals surface area contributed by atoms with Gasteiger partial charge in [-0.25, -0.2) is 9.97 Å². The third-order valence-corrected chi connectivity index (χ3v) is 3.64. The van der Waals surface area contributed by atoms with Crippen molar-refractivity contribution >= 4 is 33.5 Å². The molecule has 2 rings (SSSR count). The lowest BCUT2D eigenvalue weighted by molar-refractivity contribution is 1.03. The van der Waals surface area contributed by atoms with Gasteiger partial charge in [-0.1, -0.05) is 22.0 Å². The summed E-state index contributed by atoms with van der Waals surface area (Å²) in [4.78, 5) is 9.32. The van der Waals surface area contributed by atoms with E-state index in [0.29, 0.717) is 17.1 Å².